The first kappa shape index (κ1) is 40.9. The maximum absolute atomic E-state index is 12.2. The molecule has 56 heavy (non-hydrogen) atoms. The summed E-state index contributed by atoms with van der Waals surface area (Å²) < 4.78 is 35.2. The van der Waals surface area contributed by atoms with Gasteiger partial charge in [-0.15, -0.1) is 0 Å². The van der Waals surface area contributed by atoms with Crippen LogP contribution in [0.25, 0.3) is 5.57 Å². The van der Waals surface area contributed by atoms with Crippen molar-refractivity contribution in [1.29, 1.82) is 0 Å². The van der Waals surface area contributed by atoms with Crippen LogP contribution in [0.1, 0.15) is 109 Å². The van der Waals surface area contributed by atoms with E-state index in [0.717, 1.165) is 52.4 Å². The van der Waals surface area contributed by atoms with Gasteiger partial charge < -0.3 is 25.0 Å². The first-order valence-electron chi connectivity index (χ1n) is 22.1. The number of ether oxygens (including phenoxy) is 2. The van der Waals surface area contributed by atoms with E-state index < -0.39 is 9.84 Å². The molecule has 0 aromatic heterocycles. The minimum Gasteiger partial charge on any atom is -0.465 e. The monoisotopic (exact) mass is 793 g/mol. The highest BCUT2D eigenvalue weighted by Crippen LogP contribution is 2.76. The summed E-state index contributed by atoms with van der Waals surface area (Å²) in [5, 5.41) is 8.55. The molecule has 3 saturated heterocycles. The van der Waals surface area contributed by atoms with Gasteiger partial charge in [-0.1, -0.05) is 52.8 Å². The molecular formula is C46H72N4O5S. The van der Waals surface area contributed by atoms with Crippen molar-refractivity contribution in [2.24, 2.45) is 45.3 Å². The van der Waals surface area contributed by atoms with Gasteiger partial charge in [0.1, 0.15) is 0 Å². The Morgan fingerprint density at radius 2 is 1.62 bits per heavy atom. The van der Waals surface area contributed by atoms with Crippen LogP contribution in [-0.2, 0) is 19.3 Å². The number of carbonyl (C=O) groups is 1. The van der Waals surface area contributed by atoms with Crippen LogP contribution in [0.15, 0.2) is 30.3 Å². The summed E-state index contributed by atoms with van der Waals surface area (Å²) in [6.45, 7) is 25.9. The zero-order valence-corrected chi connectivity index (χ0v) is 36.7. The number of hydrogen-bond donors (Lipinski definition) is 2. The van der Waals surface area contributed by atoms with Gasteiger partial charge in [-0.3, -0.25) is 4.90 Å². The first-order chi connectivity index (χ1) is 26.4. The van der Waals surface area contributed by atoms with E-state index in [-0.39, 0.29) is 50.2 Å². The molecule has 7 aliphatic rings. The molecule has 2 N–H and O–H groups in total. The molecule has 3 aliphatic heterocycles. The number of morpholine rings is 1. The molecule has 0 bridgehead atoms. The van der Waals surface area contributed by atoms with Crippen LogP contribution in [0.5, 0.6) is 0 Å². The summed E-state index contributed by atoms with van der Waals surface area (Å²) in [6.07, 6.45) is 11.2. The number of rotatable bonds is 8. The number of nitrogens with one attached hydrogen (secondary N) is 2. The predicted octanol–water partition coefficient (Wildman–Crippen LogP) is 6.29. The van der Waals surface area contributed by atoms with Crippen molar-refractivity contribution in [3.8, 4) is 0 Å². The van der Waals surface area contributed by atoms with Crippen LogP contribution in [0.3, 0.4) is 0 Å². The van der Waals surface area contributed by atoms with Crippen LogP contribution >= 0.6 is 0 Å². The SMILES string of the molecule is COC(=O)c1ccc(C2=CCC3(C)C(CCC4(C)C3CCC3C5C(NCCN6CCS(=O)(=O)CC6)(CCC34C)CNC5(C)C(C)N3CCOCC3)C2(C)C)cc1. The second-order valence-electron chi connectivity index (χ2n) is 20.8. The molecule has 6 fully saturated rings. The van der Waals surface area contributed by atoms with Gasteiger partial charge in [-0.05, 0) is 121 Å². The second-order valence-corrected chi connectivity index (χ2v) is 23.1. The van der Waals surface area contributed by atoms with Crippen LogP contribution in [0.2, 0.25) is 0 Å². The van der Waals surface area contributed by atoms with Crippen molar-refractivity contribution >= 4 is 21.4 Å². The molecule has 1 aromatic rings. The number of fused-ring (bicyclic) bond motifs is 7. The lowest BCUT2D eigenvalue weighted by molar-refractivity contribution is -0.222. The second kappa shape index (κ2) is 14.4. The summed E-state index contributed by atoms with van der Waals surface area (Å²) in [5.41, 5.74) is 3.93. The summed E-state index contributed by atoms with van der Waals surface area (Å²) in [7, 11) is -1.45. The van der Waals surface area contributed by atoms with Gasteiger partial charge >= 0.3 is 5.97 Å². The highest BCUT2D eigenvalue weighted by molar-refractivity contribution is 7.91. The van der Waals surface area contributed by atoms with Crippen LogP contribution in [0.4, 0.5) is 0 Å². The zero-order valence-electron chi connectivity index (χ0n) is 35.8. The fraction of sp³-hybridized carbons (Fsp3) is 0.804. The summed E-state index contributed by atoms with van der Waals surface area (Å²) >= 11 is 0. The van der Waals surface area contributed by atoms with Gasteiger partial charge in [-0.25, -0.2) is 13.2 Å². The van der Waals surface area contributed by atoms with E-state index in [1.54, 1.807) is 0 Å². The third-order valence-electron chi connectivity index (χ3n) is 18.5. The third-order valence-corrected chi connectivity index (χ3v) is 20.1. The molecule has 3 heterocycles. The Balaban J connectivity index is 1.09. The van der Waals surface area contributed by atoms with E-state index in [9.17, 15) is 13.2 Å². The lowest BCUT2D eigenvalue weighted by Crippen LogP contribution is -2.72. The molecule has 10 atom stereocenters. The predicted molar refractivity (Wildman–Crippen MR) is 224 cm³/mol. The minimum absolute atomic E-state index is 0.0134. The van der Waals surface area contributed by atoms with Gasteiger partial charge in [0.25, 0.3) is 0 Å². The standard InChI is InChI=1S/C46H72N4O5S/c1-32(50-23-27-55-28-24-50)45(7)39-36-13-14-38-42(4)17-15-35(33-9-11-34(12-10-33)40(51)54-8)41(2,3)37(42)16-18-44(38,6)43(36,5)19-20-46(39,31-48-45)47-21-22-49-25-29-56(52,53)30-26-49/h9-12,15,32,36-39,47-48H,13-14,16-31H2,1-8H3. The Kier molecular flexibility index (Phi) is 10.5. The fourth-order valence-corrected chi connectivity index (χ4v) is 16.4. The number of methoxy groups -OCH3 is 1. The third kappa shape index (κ3) is 6.31. The molecule has 0 spiro atoms. The average Bonchev–Trinajstić information content (AvgIpc) is 3.48. The Morgan fingerprint density at radius 3 is 2.30 bits per heavy atom. The first-order valence-corrected chi connectivity index (χ1v) is 23.9. The summed E-state index contributed by atoms with van der Waals surface area (Å²) in [4.78, 5) is 17.3. The lowest BCUT2D eigenvalue weighted by atomic mass is 9.32. The number of sulfone groups is 1. The fourth-order valence-electron chi connectivity index (χ4n) is 15.1. The highest BCUT2D eigenvalue weighted by Gasteiger charge is 2.72. The minimum atomic E-state index is -2.89. The van der Waals surface area contributed by atoms with E-state index in [1.165, 1.54) is 56.8 Å². The largest absolute Gasteiger partial charge is 0.465 e. The molecule has 4 aliphatic carbocycles. The molecule has 9 nitrogen and oxygen atoms in total. The molecule has 10 heteroatoms. The lowest BCUT2D eigenvalue weighted by Gasteiger charge is -2.73. The van der Waals surface area contributed by atoms with Gasteiger partial charge in [0.2, 0.25) is 0 Å². The van der Waals surface area contributed by atoms with Gasteiger partial charge in [0, 0.05) is 68.9 Å². The number of hydrogen-bond acceptors (Lipinski definition) is 9. The van der Waals surface area contributed by atoms with E-state index in [1.807, 2.05) is 12.1 Å². The number of carbonyl (C=O) groups excluding carboxylic acids is 1. The number of nitrogens with zero attached hydrogens (tertiary/aromatic N) is 2. The molecular weight excluding hydrogens is 721 g/mol. The Morgan fingerprint density at radius 1 is 0.929 bits per heavy atom. The Hall–Kier alpha value is -1.82. The normalized spacial score (nSPS) is 42.7. The van der Waals surface area contributed by atoms with Crippen molar-refractivity contribution in [3.05, 3.63) is 41.5 Å². The maximum Gasteiger partial charge on any atom is 0.337 e. The Bertz CT molecular complexity index is 1780. The number of benzene rings is 1. The van der Waals surface area contributed by atoms with Crippen LogP contribution < -0.4 is 10.6 Å². The average molecular weight is 793 g/mol. The zero-order chi connectivity index (χ0) is 39.9. The molecule has 10 unspecified atom stereocenters. The Labute approximate surface area is 338 Å². The van der Waals surface area contributed by atoms with Crippen molar-refractivity contribution in [3.63, 3.8) is 0 Å². The molecule has 0 radical (unpaired) electrons. The molecule has 0 amide bonds. The highest BCUT2D eigenvalue weighted by atomic mass is 32.2. The van der Waals surface area contributed by atoms with E-state index >= 15 is 0 Å². The summed E-state index contributed by atoms with van der Waals surface area (Å²) in [6, 6.07) is 8.50. The molecule has 8 rings (SSSR count). The molecule has 3 saturated carbocycles. The molecule has 1 aromatic carbocycles. The quantitative estimate of drug-likeness (QED) is 0.295. The molecule has 312 valence electrons. The van der Waals surface area contributed by atoms with Gasteiger partial charge in [-0.2, -0.15) is 0 Å². The van der Waals surface area contributed by atoms with Crippen molar-refractivity contribution < 1.29 is 22.7 Å². The van der Waals surface area contributed by atoms with Crippen LogP contribution in [0, 0.1) is 45.3 Å². The van der Waals surface area contributed by atoms with E-state index in [2.05, 4.69) is 87.1 Å². The maximum atomic E-state index is 12.2. The van der Waals surface area contributed by atoms with Crippen molar-refractivity contribution in [1.82, 2.24) is 20.4 Å². The van der Waals surface area contributed by atoms with Gasteiger partial charge in [0.05, 0.1) is 37.4 Å². The van der Waals surface area contributed by atoms with Gasteiger partial charge in [0.15, 0.2) is 9.84 Å². The number of esters is 1. The van der Waals surface area contributed by atoms with E-state index in [0.29, 0.717) is 48.4 Å². The number of allylic oxidation sites excluding steroid dienone is 2. The topological polar surface area (TPSA) is 100 Å². The van der Waals surface area contributed by atoms with Crippen molar-refractivity contribution in [2.75, 3.05) is 77.6 Å². The van der Waals surface area contributed by atoms with Crippen LogP contribution in [-0.4, -0.2) is 119 Å². The van der Waals surface area contributed by atoms with E-state index in [4.69, 9.17) is 9.47 Å². The summed E-state index contributed by atoms with van der Waals surface area (Å²) in [5.74, 6) is 2.62. The van der Waals surface area contributed by atoms with Crippen molar-refractivity contribution in [2.45, 2.75) is 111 Å². The smallest absolute Gasteiger partial charge is 0.337 e.